The van der Waals surface area contributed by atoms with E-state index in [-0.39, 0.29) is 46.9 Å². The lowest BCUT2D eigenvalue weighted by molar-refractivity contribution is -0.137. The normalized spacial score (nSPS) is 16.4. The van der Waals surface area contributed by atoms with Crippen LogP contribution in [0, 0.1) is 5.82 Å². The largest absolute Gasteiger partial charge is 0.417 e. The van der Waals surface area contributed by atoms with Crippen LogP contribution >= 0.6 is 23.2 Å². The van der Waals surface area contributed by atoms with Crippen LogP contribution in [-0.4, -0.2) is 43.9 Å². The van der Waals surface area contributed by atoms with Crippen molar-refractivity contribution in [2.75, 3.05) is 31.1 Å². The van der Waals surface area contributed by atoms with Crippen molar-refractivity contribution in [1.29, 1.82) is 0 Å². The molecule has 3 rings (SSSR count). The molecule has 2 heterocycles. The predicted molar refractivity (Wildman–Crippen MR) is 96.6 cm³/mol. The SMILES string of the molecule is O=S(=O)(c1ccc(F)c(Cl)c1)N1CCN(c2ncc(C(F)(F)F)cc2Cl)CC1. The van der Waals surface area contributed by atoms with Crippen LogP contribution in [0.15, 0.2) is 35.4 Å². The summed E-state index contributed by atoms with van der Waals surface area (Å²) in [6.07, 6.45) is -3.87. The molecular formula is C16H13Cl2F4N3O2S. The van der Waals surface area contributed by atoms with Crippen LogP contribution in [0.4, 0.5) is 23.4 Å². The molecule has 1 aromatic carbocycles. The van der Waals surface area contributed by atoms with Crippen molar-refractivity contribution in [3.63, 3.8) is 0 Å². The highest BCUT2D eigenvalue weighted by Crippen LogP contribution is 2.34. The number of hydrogen-bond acceptors (Lipinski definition) is 4. The first-order chi connectivity index (χ1) is 13.0. The molecule has 5 nitrogen and oxygen atoms in total. The maximum Gasteiger partial charge on any atom is 0.417 e. The Labute approximate surface area is 168 Å². The Morgan fingerprint density at radius 2 is 1.64 bits per heavy atom. The number of piperazine rings is 1. The van der Waals surface area contributed by atoms with Gasteiger partial charge in [0.05, 0.1) is 20.5 Å². The molecule has 1 aliphatic rings. The summed E-state index contributed by atoms with van der Waals surface area (Å²) >= 11 is 11.6. The third-order valence-electron chi connectivity index (χ3n) is 4.22. The molecule has 1 fully saturated rings. The molecule has 0 radical (unpaired) electrons. The zero-order valence-corrected chi connectivity index (χ0v) is 16.4. The zero-order chi connectivity index (χ0) is 20.7. The lowest BCUT2D eigenvalue weighted by Gasteiger charge is -2.35. The molecule has 12 heteroatoms. The van der Waals surface area contributed by atoms with Gasteiger partial charge in [-0.2, -0.15) is 17.5 Å². The molecule has 0 aliphatic carbocycles. The number of benzene rings is 1. The average Bonchev–Trinajstić information content (AvgIpc) is 2.63. The summed E-state index contributed by atoms with van der Waals surface area (Å²) in [7, 11) is -3.89. The summed E-state index contributed by atoms with van der Waals surface area (Å²) in [4.78, 5) is 5.24. The molecule has 1 aliphatic heterocycles. The fourth-order valence-corrected chi connectivity index (χ4v) is 4.73. The van der Waals surface area contributed by atoms with Gasteiger partial charge < -0.3 is 4.90 Å². The van der Waals surface area contributed by atoms with E-state index < -0.39 is 27.6 Å². The maximum atomic E-state index is 13.3. The first-order valence-corrected chi connectivity index (χ1v) is 10.1. The van der Waals surface area contributed by atoms with Gasteiger partial charge in [0.2, 0.25) is 10.0 Å². The standard InChI is InChI=1S/C16H13Cl2F4N3O2S/c17-12-8-11(1-2-14(12)19)28(26,27)25-5-3-24(4-6-25)15-13(18)7-10(9-23-15)16(20,21)22/h1-2,7-9H,3-6H2. The molecular weight excluding hydrogens is 445 g/mol. The van der Waals surface area contributed by atoms with Crippen molar-refractivity contribution in [3.05, 3.63) is 51.9 Å². The number of aromatic nitrogens is 1. The molecule has 0 saturated carbocycles. The van der Waals surface area contributed by atoms with Crippen LogP contribution in [0.1, 0.15) is 5.56 Å². The van der Waals surface area contributed by atoms with Crippen molar-refractivity contribution in [2.45, 2.75) is 11.1 Å². The molecule has 0 atom stereocenters. The van der Waals surface area contributed by atoms with E-state index in [1.54, 1.807) is 4.90 Å². The topological polar surface area (TPSA) is 53.5 Å². The van der Waals surface area contributed by atoms with E-state index >= 15 is 0 Å². The number of hydrogen-bond donors (Lipinski definition) is 0. The number of nitrogens with zero attached hydrogens (tertiary/aromatic N) is 3. The molecule has 1 saturated heterocycles. The molecule has 152 valence electrons. The molecule has 0 unspecified atom stereocenters. The highest BCUT2D eigenvalue weighted by molar-refractivity contribution is 7.89. The maximum absolute atomic E-state index is 13.3. The minimum atomic E-state index is -4.56. The summed E-state index contributed by atoms with van der Waals surface area (Å²) in [5.74, 6) is -0.579. The number of halogens is 6. The van der Waals surface area contributed by atoms with Crippen molar-refractivity contribution in [3.8, 4) is 0 Å². The third kappa shape index (κ3) is 4.19. The van der Waals surface area contributed by atoms with Crippen molar-refractivity contribution in [1.82, 2.24) is 9.29 Å². The smallest absolute Gasteiger partial charge is 0.353 e. The van der Waals surface area contributed by atoms with Crippen molar-refractivity contribution >= 4 is 39.0 Å². The number of sulfonamides is 1. The van der Waals surface area contributed by atoms with Gasteiger partial charge in [0.25, 0.3) is 0 Å². The fraction of sp³-hybridized carbons (Fsp3) is 0.312. The summed E-state index contributed by atoms with van der Waals surface area (Å²) in [5.41, 5.74) is -0.962. The third-order valence-corrected chi connectivity index (χ3v) is 6.68. The summed E-state index contributed by atoms with van der Waals surface area (Å²) in [6.45, 7) is 0.450. The van der Waals surface area contributed by atoms with Gasteiger partial charge >= 0.3 is 6.18 Å². The Morgan fingerprint density at radius 3 is 2.18 bits per heavy atom. The molecule has 28 heavy (non-hydrogen) atoms. The van der Waals surface area contributed by atoms with Crippen LogP contribution < -0.4 is 4.90 Å². The first-order valence-electron chi connectivity index (χ1n) is 7.93. The molecule has 2 aromatic rings. The van der Waals surface area contributed by atoms with E-state index in [0.717, 1.165) is 24.3 Å². The average molecular weight is 458 g/mol. The van der Waals surface area contributed by atoms with E-state index in [9.17, 15) is 26.0 Å². The van der Waals surface area contributed by atoms with Gasteiger partial charge in [-0.25, -0.2) is 17.8 Å². The van der Waals surface area contributed by atoms with Crippen molar-refractivity contribution < 1.29 is 26.0 Å². The summed E-state index contributed by atoms with van der Waals surface area (Å²) in [6, 6.07) is 3.91. The van der Waals surface area contributed by atoms with Crippen LogP contribution in [0.2, 0.25) is 10.0 Å². The zero-order valence-electron chi connectivity index (χ0n) is 14.0. The van der Waals surface area contributed by atoms with Gasteiger partial charge in [0, 0.05) is 32.4 Å². The second kappa shape index (κ2) is 7.66. The Bertz CT molecular complexity index is 994. The lowest BCUT2D eigenvalue weighted by Crippen LogP contribution is -2.49. The highest BCUT2D eigenvalue weighted by Gasteiger charge is 2.33. The van der Waals surface area contributed by atoms with Gasteiger partial charge in [-0.1, -0.05) is 23.2 Å². The Balaban J connectivity index is 1.74. The number of rotatable bonds is 3. The number of alkyl halides is 3. The molecule has 0 spiro atoms. The van der Waals surface area contributed by atoms with E-state index in [0.29, 0.717) is 6.20 Å². The van der Waals surface area contributed by atoms with E-state index in [1.165, 1.54) is 4.31 Å². The second-order valence-electron chi connectivity index (χ2n) is 5.99. The fourth-order valence-electron chi connectivity index (χ4n) is 2.75. The van der Waals surface area contributed by atoms with E-state index in [2.05, 4.69) is 4.98 Å². The van der Waals surface area contributed by atoms with Gasteiger partial charge in [0.1, 0.15) is 11.6 Å². The van der Waals surface area contributed by atoms with Crippen LogP contribution in [0.5, 0.6) is 0 Å². The highest BCUT2D eigenvalue weighted by atomic mass is 35.5. The number of pyridine rings is 1. The van der Waals surface area contributed by atoms with Gasteiger partial charge in [0.15, 0.2) is 0 Å². The van der Waals surface area contributed by atoms with E-state index in [4.69, 9.17) is 23.2 Å². The molecule has 0 amide bonds. The predicted octanol–water partition coefficient (Wildman–Crippen LogP) is 4.06. The molecule has 0 bridgehead atoms. The van der Waals surface area contributed by atoms with Crippen LogP contribution in [0.25, 0.3) is 0 Å². The Kier molecular flexibility index (Phi) is 5.77. The first kappa shape index (κ1) is 21.1. The summed E-state index contributed by atoms with van der Waals surface area (Å²) < 4.78 is 78.0. The minimum absolute atomic E-state index is 0.0519. The number of anilines is 1. The van der Waals surface area contributed by atoms with Gasteiger partial charge in [-0.15, -0.1) is 0 Å². The molecule has 0 N–H and O–H groups in total. The Morgan fingerprint density at radius 1 is 1.00 bits per heavy atom. The quantitative estimate of drug-likeness (QED) is 0.652. The van der Waals surface area contributed by atoms with Crippen molar-refractivity contribution in [2.24, 2.45) is 0 Å². The van der Waals surface area contributed by atoms with Crippen LogP contribution in [-0.2, 0) is 16.2 Å². The van der Waals surface area contributed by atoms with Gasteiger partial charge in [-0.3, -0.25) is 0 Å². The summed E-state index contributed by atoms with van der Waals surface area (Å²) in [5, 5.41) is -0.475. The molecule has 1 aromatic heterocycles. The van der Waals surface area contributed by atoms with E-state index in [1.807, 2.05) is 0 Å². The van der Waals surface area contributed by atoms with Crippen LogP contribution in [0.3, 0.4) is 0 Å². The Hall–Kier alpha value is -1.62. The van der Waals surface area contributed by atoms with Gasteiger partial charge in [-0.05, 0) is 24.3 Å². The minimum Gasteiger partial charge on any atom is -0.353 e. The monoisotopic (exact) mass is 457 g/mol. The lowest BCUT2D eigenvalue weighted by atomic mass is 10.2. The second-order valence-corrected chi connectivity index (χ2v) is 8.75.